The second-order valence-electron chi connectivity index (χ2n) is 6.64. The van der Waals surface area contributed by atoms with Crippen LogP contribution in [0.3, 0.4) is 0 Å². The molecule has 0 atom stereocenters. The normalized spacial score (nSPS) is 12.8. The Morgan fingerprint density at radius 3 is 2.82 bits per heavy atom. The van der Waals surface area contributed by atoms with E-state index in [-0.39, 0.29) is 6.03 Å². The Morgan fingerprint density at radius 2 is 1.93 bits per heavy atom. The van der Waals surface area contributed by atoms with E-state index in [0.29, 0.717) is 5.69 Å². The summed E-state index contributed by atoms with van der Waals surface area (Å²) in [5.74, 6) is 0. The summed E-state index contributed by atoms with van der Waals surface area (Å²) in [6.07, 6.45) is 6.16. The van der Waals surface area contributed by atoms with Gasteiger partial charge in [-0.15, -0.1) is 0 Å². The van der Waals surface area contributed by atoms with Crippen molar-refractivity contribution in [1.82, 2.24) is 20.6 Å². The first-order valence-corrected chi connectivity index (χ1v) is 9.09. The SMILES string of the molecule is O=C(Nc1cccc2[nH]ncc12)NN1CCc2c(-c3ccncc3)cccc21. The number of urea groups is 1. The van der Waals surface area contributed by atoms with Crippen molar-refractivity contribution >= 4 is 28.3 Å². The number of hydrogen-bond acceptors (Lipinski definition) is 4. The number of fused-ring (bicyclic) bond motifs is 2. The highest BCUT2D eigenvalue weighted by molar-refractivity contribution is 6.00. The van der Waals surface area contributed by atoms with Crippen molar-refractivity contribution in [2.24, 2.45) is 0 Å². The van der Waals surface area contributed by atoms with E-state index in [0.717, 1.165) is 35.1 Å². The Kier molecular flexibility index (Phi) is 3.90. The van der Waals surface area contributed by atoms with Crippen LogP contribution in [0.1, 0.15) is 5.56 Å². The lowest BCUT2D eigenvalue weighted by atomic mass is 9.99. The standard InChI is InChI=1S/C21H18N6O/c28-21(24-18-4-2-5-19-17(18)13-23-25-19)26-27-12-9-16-15(3-1-6-20(16)27)14-7-10-22-11-8-14/h1-8,10-11,13H,9,12H2,(H,23,25)(H2,24,26,28). The molecule has 1 aliphatic heterocycles. The minimum atomic E-state index is -0.282. The molecule has 0 spiro atoms. The average molecular weight is 370 g/mol. The predicted octanol–water partition coefficient (Wildman–Crippen LogP) is 3.72. The van der Waals surface area contributed by atoms with Crippen molar-refractivity contribution in [2.75, 3.05) is 16.9 Å². The molecule has 0 unspecified atom stereocenters. The van der Waals surface area contributed by atoms with Gasteiger partial charge in [-0.3, -0.25) is 15.1 Å². The molecule has 1 aliphatic rings. The van der Waals surface area contributed by atoms with Crippen LogP contribution in [0.25, 0.3) is 22.0 Å². The van der Waals surface area contributed by atoms with Crippen LogP contribution < -0.4 is 15.8 Å². The number of amides is 2. The molecule has 0 aliphatic carbocycles. The molecule has 0 radical (unpaired) electrons. The van der Waals surface area contributed by atoms with E-state index in [1.54, 1.807) is 18.6 Å². The third-order valence-electron chi connectivity index (χ3n) is 4.99. The van der Waals surface area contributed by atoms with Gasteiger partial charge in [0, 0.05) is 24.3 Å². The third kappa shape index (κ3) is 2.83. The summed E-state index contributed by atoms with van der Waals surface area (Å²) in [6, 6.07) is 15.5. The number of pyridine rings is 1. The van der Waals surface area contributed by atoms with E-state index < -0.39 is 0 Å². The van der Waals surface area contributed by atoms with Crippen molar-refractivity contribution < 1.29 is 4.79 Å². The number of rotatable bonds is 3. The van der Waals surface area contributed by atoms with Crippen molar-refractivity contribution in [1.29, 1.82) is 0 Å². The molecule has 0 bridgehead atoms. The van der Waals surface area contributed by atoms with Gasteiger partial charge >= 0.3 is 6.03 Å². The van der Waals surface area contributed by atoms with Gasteiger partial charge in [-0.25, -0.2) is 10.2 Å². The molecule has 0 fully saturated rings. The lowest BCUT2D eigenvalue weighted by molar-refractivity contribution is 0.251. The topological polar surface area (TPSA) is 85.9 Å². The van der Waals surface area contributed by atoms with Crippen molar-refractivity contribution in [3.05, 3.63) is 72.7 Å². The quantitative estimate of drug-likeness (QED) is 0.513. The molecule has 7 heteroatoms. The molecule has 2 amide bonds. The molecule has 3 N–H and O–H groups in total. The maximum absolute atomic E-state index is 12.6. The number of aromatic nitrogens is 3. The first kappa shape index (κ1) is 16.3. The number of anilines is 2. The highest BCUT2D eigenvalue weighted by Crippen LogP contribution is 2.35. The molecule has 28 heavy (non-hydrogen) atoms. The minimum Gasteiger partial charge on any atom is -0.306 e. The van der Waals surface area contributed by atoms with Gasteiger partial charge in [0.2, 0.25) is 0 Å². The number of hydrazine groups is 1. The van der Waals surface area contributed by atoms with E-state index in [4.69, 9.17) is 0 Å². The molecular formula is C21H18N6O. The highest BCUT2D eigenvalue weighted by atomic mass is 16.2. The zero-order valence-corrected chi connectivity index (χ0v) is 15.0. The van der Waals surface area contributed by atoms with Gasteiger partial charge < -0.3 is 5.32 Å². The number of carbonyl (C=O) groups is 1. The number of nitrogens with one attached hydrogen (secondary N) is 3. The second kappa shape index (κ2) is 6.70. The van der Waals surface area contributed by atoms with Gasteiger partial charge in [-0.2, -0.15) is 5.10 Å². The van der Waals surface area contributed by atoms with E-state index in [1.807, 2.05) is 47.5 Å². The maximum Gasteiger partial charge on any atom is 0.338 e. The van der Waals surface area contributed by atoms with Crippen LogP contribution in [0.2, 0.25) is 0 Å². The Bertz CT molecular complexity index is 1150. The Labute approximate surface area is 161 Å². The van der Waals surface area contributed by atoms with Gasteiger partial charge in [0.25, 0.3) is 0 Å². The number of aromatic amines is 1. The second-order valence-corrected chi connectivity index (χ2v) is 6.64. The van der Waals surface area contributed by atoms with E-state index in [1.165, 1.54) is 11.1 Å². The fourth-order valence-corrected chi connectivity index (χ4v) is 3.70. The predicted molar refractivity (Wildman–Crippen MR) is 109 cm³/mol. The van der Waals surface area contributed by atoms with Crippen LogP contribution in [0, 0.1) is 0 Å². The first-order valence-electron chi connectivity index (χ1n) is 9.09. The monoisotopic (exact) mass is 370 g/mol. The summed E-state index contributed by atoms with van der Waals surface area (Å²) in [4.78, 5) is 16.7. The minimum absolute atomic E-state index is 0.282. The third-order valence-corrected chi connectivity index (χ3v) is 4.99. The Morgan fingerprint density at radius 1 is 1.07 bits per heavy atom. The van der Waals surface area contributed by atoms with E-state index >= 15 is 0 Å². The van der Waals surface area contributed by atoms with Crippen LogP contribution >= 0.6 is 0 Å². The van der Waals surface area contributed by atoms with Gasteiger partial charge in [0.1, 0.15) is 0 Å². The van der Waals surface area contributed by atoms with Gasteiger partial charge in [-0.1, -0.05) is 18.2 Å². The fraction of sp³-hybridized carbons (Fsp3) is 0.0952. The number of nitrogens with zero attached hydrogens (tertiary/aromatic N) is 3. The molecule has 138 valence electrons. The zero-order chi connectivity index (χ0) is 18.9. The van der Waals surface area contributed by atoms with Crippen LogP contribution in [0.4, 0.5) is 16.2 Å². The highest BCUT2D eigenvalue weighted by Gasteiger charge is 2.23. The summed E-state index contributed by atoms with van der Waals surface area (Å²) >= 11 is 0. The smallest absolute Gasteiger partial charge is 0.306 e. The molecule has 0 saturated carbocycles. The average Bonchev–Trinajstić information content (AvgIpc) is 3.36. The first-order chi connectivity index (χ1) is 13.8. The lowest BCUT2D eigenvalue weighted by Crippen LogP contribution is -2.43. The number of carbonyl (C=O) groups excluding carboxylic acids is 1. The van der Waals surface area contributed by atoms with Crippen molar-refractivity contribution in [3.63, 3.8) is 0 Å². The van der Waals surface area contributed by atoms with Gasteiger partial charge in [0.15, 0.2) is 0 Å². The van der Waals surface area contributed by atoms with Gasteiger partial charge in [-0.05, 0) is 53.4 Å². The molecule has 5 rings (SSSR count). The van der Waals surface area contributed by atoms with Crippen LogP contribution in [0.5, 0.6) is 0 Å². The van der Waals surface area contributed by atoms with Crippen molar-refractivity contribution in [2.45, 2.75) is 6.42 Å². The molecule has 0 saturated heterocycles. The summed E-state index contributed by atoms with van der Waals surface area (Å²) in [5, 5.41) is 12.6. The van der Waals surface area contributed by atoms with Crippen molar-refractivity contribution in [3.8, 4) is 11.1 Å². The summed E-state index contributed by atoms with van der Waals surface area (Å²) in [6.45, 7) is 0.723. The Hall–Kier alpha value is -3.87. The van der Waals surface area contributed by atoms with Crippen LogP contribution in [-0.4, -0.2) is 27.8 Å². The van der Waals surface area contributed by atoms with Gasteiger partial charge in [0.05, 0.1) is 23.1 Å². The molecule has 2 aromatic carbocycles. The van der Waals surface area contributed by atoms with Crippen LogP contribution in [0.15, 0.2) is 67.1 Å². The molecule has 2 aromatic heterocycles. The summed E-state index contributed by atoms with van der Waals surface area (Å²) in [7, 11) is 0. The molecule has 4 aromatic rings. The maximum atomic E-state index is 12.6. The lowest BCUT2D eigenvalue weighted by Gasteiger charge is -2.21. The fourth-order valence-electron chi connectivity index (χ4n) is 3.70. The Balaban J connectivity index is 1.37. The largest absolute Gasteiger partial charge is 0.338 e. The molecule has 7 nitrogen and oxygen atoms in total. The molecule has 3 heterocycles. The van der Waals surface area contributed by atoms with E-state index in [2.05, 4.69) is 32.0 Å². The molecular weight excluding hydrogens is 352 g/mol. The van der Waals surface area contributed by atoms with Crippen LogP contribution in [-0.2, 0) is 6.42 Å². The number of hydrogen-bond donors (Lipinski definition) is 3. The number of H-pyrrole nitrogens is 1. The summed E-state index contributed by atoms with van der Waals surface area (Å²) < 4.78 is 0. The zero-order valence-electron chi connectivity index (χ0n) is 15.0. The summed E-state index contributed by atoms with van der Waals surface area (Å²) in [5.41, 5.74) is 9.11. The number of benzene rings is 2. The van der Waals surface area contributed by atoms with E-state index in [9.17, 15) is 4.79 Å².